The Bertz CT molecular complexity index is 498. The number of hydrogen-bond donors (Lipinski definition) is 0. The molecule has 0 aromatic carbocycles. The van der Waals surface area contributed by atoms with Gasteiger partial charge >= 0.3 is 6.16 Å². The summed E-state index contributed by atoms with van der Waals surface area (Å²) in [7, 11) is 0. The fourth-order valence-corrected chi connectivity index (χ4v) is 1.91. The molecule has 0 aliphatic heterocycles. The lowest BCUT2D eigenvalue weighted by Crippen LogP contribution is -2.08. The van der Waals surface area contributed by atoms with E-state index in [1.807, 2.05) is 12.1 Å². The van der Waals surface area contributed by atoms with Crippen molar-refractivity contribution in [2.45, 2.75) is 6.92 Å². The van der Waals surface area contributed by atoms with E-state index < -0.39 is 6.16 Å². The molecule has 0 saturated carbocycles. The molecular formula is C11H10N2O3S. The van der Waals surface area contributed by atoms with Crippen LogP contribution in [0.1, 0.15) is 6.92 Å². The van der Waals surface area contributed by atoms with Crippen molar-refractivity contribution >= 4 is 17.5 Å². The Morgan fingerprint density at radius 2 is 2.35 bits per heavy atom. The first-order valence-electron chi connectivity index (χ1n) is 5.00. The SMILES string of the molecule is CCOC(=O)Oc1cnc(-c2cccnc2)s1. The molecule has 2 aromatic heterocycles. The molecule has 0 aliphatic rings. The predicted octanol–water partition coefficient (Wildman–Crippen LogP) is 2.74. The van der Waals surface area contributed by atoms with Crippen LogP contribution in [0.15, 0.2) is 30.7 Å². The van der Waals surface area contributed by atoms with Crippen molar-refractivity contribution in [1.29, 1.82) is 0 Å². The average molecular weight is 250 g/mol. The van der Waals surface area contributed by atoms with Crippen LogP contribution in [0.2, 0.25) is 0 Å². The van der Waals surface area contributed by atoms with Gasteiger partial charge in [-0.2, -0.15) is 0 Å². The Labute approximate surface area is 102 Å². The van der Waals surface area contributed by atoms with E-state index in [0.29, 0.717) is 5.06 Å². The summed E-state index contributed by atoms with van der Waals surface area (Å²) >= 11 is 1.27. The van der Waals surface area contributed by atoms with Gasteiger partial charge in [-0.1, -0.05) is 11.3 Å². The van der Waals surface area contributed by atoms with E-state index in [-0.39, 0.29) is 6.61 Å². The summed E-state index contributed by atoms with van der Waals surface area (Å²) in [5, 5.41) is 1.15. The van der Waals surface area contributed by atoms with Crippen LogP contribution in [0.25, 0.3) is 10.6 Å². The van der Waals surface area contributed by atoms with Crippen LogP contribution in [-0.2, 0) is 4.74 Å². The number of ether oxygens (including phenoxy) is 2. The first-order valence-corrected chi connectivity index (χ1v) is 5.82. The van der Waals surface area contributed by atoms with E-state index in [0.717, 1.165) is 10.6 Å². The monoisotopic (exact) mass is 250 g/mol. The molecule has 6 heteroatoms. The van der Waals surface area contributed by atoms with Crippen LogP contribution in [0.3, 0.4) is 0 Å². The van der Waals surface area contributed by atoms with Crippen LogP contribution in [0.5, 0.6) is 5.06 Å². The molecule has 0 radical (unpaired) electrons. The van der Waals surface area contributed by atoms with Crippen LogP contribution in [-0.4, -0.2) is 22.7 Å². The first-order chi connectivity index (χ1) is 8.29. The van der Waals surface area contributed by atoms with Gasteiger partial charge in [-0.15, -0.1) is 0 Å². The number of hydrogen-bond acceptors (Lipinski definition) is 6. The number of nitrogens with zero attached hydrogens (tertiary/aromatic N) is 2. The van der Waals surface area contributed by atoms with Crippen LogP contribution in [0, 0.1) is 0 Å². The Hall–Kier alpha value is -1.95. The second kappa shape index (κ2) is 5.40. The zero-order chi connectivity index (χ0) is 12.1. The normalized spacial score (nSPS) is 9.94. The lowest BCUT2D eigenvalue weighted by atomic mass is 10.3. The van der Waals surface area contributed by atoms with Crippen LogP contribution < -0.4 is 4.74 Å². The number of rotatable bonds is 3. The van der Waals surface area contributed by atoms with Crippen molar-refractivity contribution in [3.8, 4) is 15.6 Å². The summed E-state index contributed by atoms with van der Waals surface area (Å²) in [6, 6.07) is 3.71. The van der Waals surface area contributed by atoms with Gasteiger partial charge in [0.1, 0.15) is 5.01 Å². The molecular weight excluding hydrogens is 240 g/mol. The van der Waals surface area contributed by atoms with Gasteiger partial charge in [-0.3, -0.25) is 4.98 Å². The molecule has 0 saturated heterocycles. The molecule has 2 heterocycles. The van der Waals surface area contributed by atoms with E-state index in [1.165, 1.54) is 17.5 Å². The fraction of sp³-hybridized carbons (Fsp3) is 0.182. The van der Waals surface area contributed by atoms with Crippen molar-refractivity contribution in [3.05, 3.63) is 30.7 Å². The maximum Gasteiger partial charge on any atom is 0.514 e. The van der Waals surface area contributed by atoms with E-state index in [4.69, 9.17) is 4.74 Å². The van der Waals surface area contributed by atoms with Gasteiger partial charge in [0.05, 0.1) is 12.8 Å². The smallest absolute Gasteiger partial charge is 0.434 e. The molecule has 0 fully saturated rings. The molecule has 2 aromatic rings. The second-order valence-electron chi connectivity index (χ2n) is 3.01. The molecule has 2 rings (SSSR count). The Morgan fingerprint density at radius 1 is 1.47 bits per heavy atom. The highest BCUT2D eigenvalue weighted by Crippen LogP contribution is 2.29. The molecule has 17 heavy (non-hydrogen) atoms. The summed E-state index contributed by atoms with van der Waals surface area (Å²) in [6.45, 7) is 2.00. The van der Waals surface area contributed by atoms with Gasteiger partial charge in [0, 0.05) is 18.0 Å². The average Bonchev–Trinajstić information content (AvgIpc) is 2.79. The van der Waals surface area contributed by atoms with E-state index in [1.54, 1.807) is 19.3 Å². The van der Waals surface area contributed by atoms with Gasteiger partial charge < -0.3 is 9.47 Å². The first kappa shape index (κ1) is 11.5. The molecule has 5 nitrogen and oxygen atoms in total. The molecule has 0 N–H and O–H groups in total. The van der Waals surface area contributed by atoms with E-state index in [9.17, 15) is 4.79 Å². The third-order valence-corrected chi connectivity index (χ3v) is 2.76. The lowest BCUT2D eigenvalue weighted by Gasteiger charge is -1.99. The lowest BCUT2D eigenvalue weighted by molar-refractivity contribution is 0.105. The standard InChI is InChI=1S/C11H10N2O3S/c1-2-15-11(14)16-9-7-13-10(17-9)8-4-3-5-12-6-8/h3-7H,2H2,1H3. The molecule has 0 spiro atoms. The van der Waals surface area contributed by atoms with Gasteiger partial charge in [0.2, 0.25) is 5.06 Å². The van der Waals surface area contributed by atoms with Gasteiger partial charge in [-0.25, -0.2) is 9.78 Å². The molecule has 0 atom stereocenters. The van der Waals surface area contributed by atoms with Crippen LogP contribution >= 0.6 is 11.3 Å². The number of thiazole rings is 1. The topological polar surface area (TPSA) is 61.3 Å². The van der Waals surface area contributed by atoms with Crippen LogP contribution in [0.4, 0.5) is 4.79 Å². The summed E-state index contributed by atoms with van der Waals surface area (Å²) in [6.07, 6.45) is 4.17. The Morgan fingerprint density at radius 3 is 3.06 bits per heavy atom. The van der Waals surface area contributed by atoms with E-state index in [2.05, 4.69) is 14.7 Å². The summed E-state index contributed by atoms with van der Waals surface area (Å²) in [5.41, 5.74) is 0.885. The maximum absolute atomic E-state index is 11.1. The fourth-order valence-electron chi connectivity index (χ4n) is 1.16. The zero-order valence-electron chi connectivity index (χ0n) is 9.12. The zero-order valence-corrected chi connectivity index (χ0v) is 9.94. The van der Waals surface area contributed by atoms with Crippen molar-refractivity contribution in [2.75, 3.05) is 6.61 Å². The van der Waals surface area contributed by atoms with Gasteiger partial charge in [-0.05, 0) is 19.1 Å². The maximum atomic E-state index is 11.1. The third kappa shape index (κ3) is 3.01. The largest absolute Gasteiger partial charge is 0.514 e. The second-order valence-corrected chi connectivity index (χ2v) is 4.00. The molecule has 88 valence electrons. The Kier molecular flexibility index (Phi) is 3.66. The Balaban J connectivity index is 2.09. The quantitative estimate of drug-likeness (QED) is 0.784. The number of pyridine rings is 1. The highest BCUT2D eigenvalue weighted by molar-refractivity contribution is 7.16. The third-order valence-electron chi connectivity index (χ3n) is 1.84. The van der Waals surface area contributed by atoms with Crippen molar-refractivity contribution < 1.29 is 14.3 Å². The van der Waals surface area contributed by atoms with Crippen molar-refractivity contribution in [1.82, 2.24) is 9.97 Å². The number of carbonyl (C=O) groups is 1. The van der Waals surface area contributed by atoms with Crippen molar-refractivity contribution in [3.63, 3.8) is 0 Å². The van der Waals surface area contributed by atoms with E-state index >= 15 is 0 Å². The van der Waals surface area contributed by atoms with Gasteiger partial charge in [0.25, 0.3) is 0 Å². The molecule has 0 amide bonds. The molecule has 0 aliphatic carbocycles. The summed E-state index contributed by atoms with van der Waals surface area (Å²) in [5.74, 6) is 0. The molecule has 0 unspecified atom stereocenters. The summed E-state index contributed by atoms with van der Waals surface area (Å²) in [4.78, 5) is 19.2. The predicted molar refractivity (Wildman–Crippen MR) is 63.0 cm³/mol. The molecule has 0 bridgehead atoms. The minimum absolute atomic E-state index is 0.285. The number of carbonyl (C=O) groups excluding carboxylic acids is 1. The minimum Gasteiger partial charge on any atom is -0.434 e. The van der Waals surface area contributed by atoms with Gasteiger partial charge in [0.15, 0.2) is 0 Å². The summed E-state index contributed by atoms with van der Waals surface area (Å²) < 4.78 is 9.60. The van der Waals surface area contributed by atoms with Crippen molar-refractivity contribution in [2.24, 2.45) is 0 Å². The minimum atomic E-state index is -0.714. The highest BCUT2D eigenvalue weighted by Gasteiger charge is 2.10. The number of aromatic nitrogens is 2. The highest BCUT2D eigenvalue weighted by atomic mass is 32.1.